The second-order valence-electron chi connectivity index (χ2n) is 4.58. The fourth-order valence-electron chi connectivity index (χ4n) is 1.70. The number of hydrogen-bond donors (Lipinski definition) is 4. The summed E-state index contributed by atoms with van der Waals surface area (Å²) in [5.41, 5.74) is 6.27. The first-order valence-electron chi connectivity index (χ1n) is 6.54. The highest BCUT2D eigenvalue weighted by molar-refractivity contribution is 7.99. The lowest BCUT2D eigenvalue weighted by Gasteiger charge is -2.05. The highest BCUT2D eigenvalue weighted by Gasteiger charge is 2.08. The van der Waals surface area contributed by atoms with Crippen LogP contribution in [0.1, 0.15) is 5.56 Å². The summed E-state index contributed by atoms with van der Waals surface area (Å²) in [5, 5.41) is 14.5. The number of H-pyrrole nitrogens is 1. The smallest absolute Gasteiger partial charge is 0.238 e. The predicted octanol–water partition coefficient (Wildman–Crippen LogP) is -0.515. The molecule has 1 amide bonds. The van der Waals surface area contributed by atoms with Crippen molar-refractivity contribution in [2.75, 3.05) is 18.0 Å². The number of nitrogens with zero attached hydrogens (tertiary/aromatic N) is 2. The third-order valence-electron chi connectivity index (χ3n) is 2.80. The molecule has 23 heavy (non-hydrogen) atoms. The minimum Gasteiger partial charge on any atom is -0.368 e. The van der Waals surface area contributed by atoms with E-state index in [0.717, 1.165) is 5.56 Å². The van der Waals surface area contributed by atoms with Crippen molar-refractivity contribution in [1.29, 1.82) is 0 Å². The summed E-state index contributed by atoms with van der Waals surface area (Å²) in [4.78, 5) is 15.6. The molecule has 0 saturated carbocycles. The van der Waals surface area contributed by atoms with Gasteiger partial charge < -0.3 is 11.1 Å². The van der Waals surface area contributed by atoms with Crippen molar-refractivity contribution in [3.63, 3.8) is 0 Å². The molecule has 2 aromatic rings. The van der Waals surface area contributed by atoms with Crippen LogP contribution in [0.5, 0.6) is 0 Å². The van der Waals surface area contributed by atoms with Crippen LogP contribution in [-0.4, -0.2) is 41.8 Å². The number of aromatic nitrogens is 3. The second-order valence-corrected chi connectivity index (χ2v) is 7.08. The number of hydrogen-bond acceptors (Lipinski definition) is 7. The number of carbonyl (C=O) groups excluding carboxylic acids is 1. The van der Waals surface area contributed by atoms with Gasteiger partial charge in [0.1, 0.15) is 0 Å². The molecule has 1 heterocycles. The van der Waals surface area contributed by atoms with E-state index in [-0.39, 0.29) is 22.5 Å². The average Bonchev–Trinajstić information content (AvgIpc) is 2.90. The van der Waals surface area contributed by atoms with Crippen molar-refractivity contribution in [2.45, 2.75) is 16.5 Å². The number of rotatable bonds is 7. The minimum atomic E-state index is -3.68. The Morgan fingerprint density at radius 2 is 2.00 bits per heavy atom. The fraction of sp³-hybridized carbons (Fsp3) is 0.250. The Balaban J connectivity index is 1.73. The predicted molar refractivity (Wildman–Crippen MR) is 86.0 cm³/mol. The van der Waals surface area contributed by atoms with Gasteiger partial charge in [0, 0.05) is 6.54 Å². The molecule has 124 valence electrons. The molecule has 0 saturated heterocycles. The third kappa shape index (κ3) is 5.54. The molecule has 1 aromatic carbocycles. The number of primary sulfonamides is 1. The SMILES string of the molecule is Nc1nc(SCC(=O)NCCc2ccc(S(N)(=O)=O)cc2)n[nH]1. The van der Waals surface area contributed by atoms with Gasteiger partial charge in [0.05, 0.1) is 10.6 Å². The van der Waals surface area contributed by atoms with Gasteiger partial charge in [-0.3, -0.25) is 4.79 Å². The fourth-order valence-corrected chi connectivity index (χ4v) is 2.85. The van der Waals surface area contributed by atoms with Crippen molar-refractivity contribution >= 4 is 33.6 Å². The molecule has 0 aliphatic rings. The van der Waals surface area contributed by atoms with Gasteiger partial charge in [-0.1, -0.05) is 23.9 Å². The molecule has 9 nitrogen and oxygen atoms in total. The Bertz CT molecular complexity index is 772. The van der Waals surface area contributed by atoms with E-state index in [9.17, 15) is 13.2 Å². The monoisotopic (exact) mass is 356 g/mol. The number of aromatic amines is 1. The number of nitrogen functional groups attached to an aromatic ring is 1. The molecule has 0 radical (unpaired) electrons. The number of amides is 1. The first-order chi connectivity index (χ1) is 10.8. The zero-order valence-electron chi connectivity index (χ0n) is 12.0. The highest BCUT2D eigenvalue weighted by atomic mass is 32.2. The quantitative estimate of drug-likeness (QED) is 0.486. The maximum Gasteiger partial charge on any atom is 0.238 e. The summed E-state index contributed by atoms with van der Waals surface area (Å²) in [6, 6.07) is 6.21. The summed E-state index contributed by atoms with van der Waals surface area (Å²) in [6.07, 6.45) is 0.578. The zero-order chi connectivity index (χ0) is 16.9. The molecule has 0 unspecified atom stereocenters. The van der Waals surface area contributed by atoms with Gasteiger partial charge in [-0.15, -0.1) is 5.10 Å². The summed E-state index contributed by atoms with van der Waals surface area (Å²) in [7, 11) is -3.68. The van der Waals surface area contributed by atoms with Crippen molar-refractivity contribution in [2.24, 2.45) is 5.14 Å². The van der Waals surface area contributed by atoms with Crippen LogP contribution in [-0.2, 0) is 21.2 Å². The lowest BCUT2D eigenvalue weighted by atomic mass is 10.1. The lowest BCUT2D eigenvalue weighted by molar-refractivity contribution is -0.118. The van der Waals surface area contributed by atoms with Crippen LogP contribution in [0.4, 0.5) is 5.95 Å². The minimum absolute atomic E-state index is 0.0625. The van der Waals surface area contributed by atoms with Gasteiger partial charge in [0.25, 0.3) is 0 Å². The molecule has 0 spiro atoms. The van der Waals surface area contributed by atoms with E-state index in [0.29, 0.717) is 18.1 Å². The standard InChI is InChI=1S/C12H16N6O3S2/c13-11-16-12(18-17-11)22-7-10(19)15-6-5-8-1-3-9(4-2-8)23(14,20)21/h1-4H,5-7H2,(H,15,19)(H2,14,20,21)(H3,13,16,17,18). The molecule has 2 rings (SSSR count). The van der Waals surface area contributed by atoms with Gasteiger partial charge >= 0.3 is 0 Å². The molecule has 0 bridgehead atoms. The third-order valence-corrected chi connectivity index (χ3v) is 4.58. The first-order valence-corrected chi connectivity index (χ1v) is 9.07. The summed E-state index contributed by atoms with van der Waals surface area (Å²) in [6.45, 7) is 0.435. The summed E-state index contributed by atoms with van der Waals surface area (Å²) >= 11 is 1.17. The number of benzene rings is 1. The maximum atomic E-state index is 11.7. The van der Waals surface area contributed by atoms with Gasteiger partial charge in [-0.25, -0.2) is 18.7 Å². The molecule has 1 aromatic heterocycles. The van der Waals surface area contributed by atoms with Crippen LogP contribution in [0.25, 0.3) is 0 Å². The number of thioether (sulfide) groups is 1. The molecule has 0 aliphatic heterocycles. The van der Waals surface area contributed by atoms with Gasteiger partial charge in [0.2, 0.25) is 27.0 Å². The molecular weight excluding hydrogens is 340 g/mol. The normalized spacial score (nSPS) is 11.3. The van der Waals surface area contributed by atoms with E-state index in [1.165, 1.54) is 23.9 Å². The first kappa shape index (κ1) is 17.2. The topological polar surface area (TPSA) is 157 Å². The molecule has 0 atom stereocenters. The van der Waals surface area contributed by atoms with E-state index >= 15 is 0 Å². The van der Waals surface area contributed by atoms with Crippen molar-refractivity contribution in [3.05, 3.63) is 29.8 Å². The molecule has 11 heteroatoms. The Labute approximate surface area is 137 Å². The Morgan fingerprint density at radius 3 is 2.57 bits per heavy atom. The number of carbonyl (C=O) groups is 1. The zero-order valence-corrected chi connectivity index (χ0v) is 13.7. The van der Waals surface area contributed by atoms with E-state index in [2.05, 4.69) is 20.5 Å². The Morgan fingerprint density at radius 1 is 1.30 bits per heavy atom. The lowest BCUT2D eigenvalue weighted by Crippen LogP contribution is -2.27. The largest absolute Gasteiger partial charge is 0.368 e. The van der Waals surface area contributed by atoms with E-state index in [1.807, 2.05) is 0 Å². The molecule has 0 aliphatic carbocycles. The molecular formula is C12H16N6O3S2. The van der Waals surface area contributed by atoms with Gasteiger partial charge in [-0.05, 0) is 24.1 Å². The van der Waals surface area contributed by atoms with Crippen LogP contribution in [0.2, 0.25) is 0 Å². The number of nitrogens with one attached hydrogen (secondary N) is 2. The van der Waals surface area contributed by atoms with Gasteiger partial charge in [-0.2, -0.15) is 4.98 Å². The van der Waals surface area contributed by atoms with Crippen LogP contribution in [0, 0.1) is 0 Å². The van der Waals surface area contributed by atoms with Crippen LogP contribution in [0.3, 0.4) is 0 Å². The van der Waals surface area contributed by atoms with Gasteiger partial charge in [0.15, 0.2) is 0 Å². The van der Waals surface area contributed by atoms with Crippen molar-refractivity contribution in [3.8, 4) is 0 Å². The Hall–Kier alpha value is -2.11. The maximum absolute atomic E-state index is 11.7. The Kier molecular flexibility index (Phi) is 5.58. The second kappa shape index (κ2) is 7.44. The summed E-state index contributed by atoms with van der Waals surface area (Å²) in [5.74, 6) is 0.233. The molecule has 0 fully saturated rings. The number of sulfonamides is 1. The molecule has 6 N–H and O–H groups in total. The van der Waals surface area contributed by atoms with Crippen molar-refractivity contribution in [1.82, 2.24) is 20.5 Å². The van der Waals surface area contributed by atoms with E-state index in [4.69, 9.17) is 10.9 Å². The van der Waals surface area contributed by atoms with Crippen LogP contribution >= 0.6 is 11.8 Å². The van der Waals surface area contributed by atoms with Crippen molar-refractivity contribution < 1.29 is 13.2 Å². The summed E-state index contributed by atoms with van der Waals surface area (Å²) < 4.78 is 22.3. The number of anilines is 1. The number of nitrogens with two attached hydrogens (primary N) is 2. The van der Waals surface area contributed by atoms with E-state index in [1.54, 1.807) is 12.1 Å². The van der Waals surface area contributed by atoms with E-state index < -0.39 is 10.0 Å². The van der Waals surface area contributed by atoms with Crippen LogP contribution < -0.4 is 16.2 Å². The average molecular weight is 356 g/mol. The highest BCUT2D eigenvalue weighted by Crippen LogP contribution is 2.12. The van der Waals surface area contributed by atoms with Crippen LogP contribution in [0.15, 0.2) is 34.3 Å².